The van der Waals surface area contributed by atoms with Gasteiger partial charge in [0.05, 0.1) is 24.8 Å². The molecule has 0 amide bonds. The molecule has 4 nitrogen and oxygen atoms in total. The number of nitriles is 1. The van der Waals surface area contributed by atoms with Gasteiger partial charge in [0, 0.05) is 32.0 Å². The maximum absolute atomic E-state index is 8.81. The molecule has 0 aliphatic rings. The van der Waals surface area contributed by atoms with Gasteiger partial charge in [-0.1, -0.05) is 0 Å². The largest absolute Gasteiger partial charge is 0.380 e. The normalized spacial score (nSPS) is 10.2. The van der Waals surface area contributed by atoms with Crippen molar-refractivity contribution < 1.29 is 9.47 Å². The van der Waals surface area contributed by atoms with Crippen LogP contribution in [0.25, 0.3) is 0 Å². The molecule has 0 unspecified atom stereocenters. The summed E-state index contributed by atoms with van der Waals surface area (Å²) < 4.78 is 10.8. The van der Waals surface area contributed by atoms with E-state index in [1.807, 2.05) is 38.1 Å². The minimum absolute atomic E-state index is 0.679. The van der Waals surface area contributed by atoms with E-state index in [1.165, 1.54) is 0 Å². The first-order chi connectivity index (χ1) is 9.31. The highest BCUT2D eigenvalue weighted by atomic mass is 16.5. The molecule has 0 heterocycles. The molecule has 104 valence electrons. The summed E-state index contributed by atoms with van der Waals surface area (Å²) in [6.45, 7) is 8.49. The number of ether oxygens (including phenoxy) is 2. The number of anilines is 1. The van der Waals surface area contributed by atoms with Crippen LogP contribution in [0.1, 0.15) is 19.4 Å². The standard InChI is InChI=1S/C15H22N2O2/c1-3-18-11-9-17(10-12-19-4-2)15-7-5-14(13-16)6-8-15/h5-8H,3-4,9-12H2,1-2H3. The molecule has 0 bridgehead atoms. The zero-order valence-electron chi connectivity index (χ0n) is 11.8. The third kappa shape index (κ3) is 5.73. The minimum atomic E-state index is 0.679. The maximum atomic E-state index is 8.81. The molecule has 4 heteroatoms. The van der Waals surface area contributed by atoms with E-state index in [1.54, 1.807) is 0 Å². The van der Waals surface area contributed by atoms with Crippen LogP contribution >= 0.6 is 0 Å². The zero-order chi connectivity index (χ0) is 13.9. The number of hydrogen-bond donors (Lipinski definition) is 0. The van der Waals surface area contributed by atoms with Crippen LogP contribution in [0.15, 0.2) is 24.3 Å². The van der Waals surface area contributed by atoms with E-state index in [0.29, 0.717) is 18.8 Å². The van der Waals surface area contributed by atoms with Gasteiger partial charge < -0.3 is 14.4 Å². The Morgan fingerprint density at radius 3 is 1.95 bits per heavy atom. The van der Waals surface area contributed by atoms with Gasteiger partial charge in [-0.3, -0.25) is 0 Å². The van der Waals surface area contributed by atoms with Gasteiger partial charge >= 0.3 is 0 Å². The number of rotatable bonds is 9. The summed E-state index contributed by atoms with van der Waals surface area (Å²) in [6, 6.07) is 9.74. The van der Waals surface area contributed by atoms with E-state index in [4.69, 9.17) is 14.7 Å². The Bertz CT molecular complexity index is 374. The molecule has 0 aromatic heterocycles. The second-order valence-corrected chi connectivity index (χ2v) is 4.04. The maximum Gasteiger partial charge on any atom is 0.0991 e. The summed E-state index contributed by atoms with van der Waals surface area (Å²) >= 11 is 0. The molecule has 0 radical (unpaired) electrons. The van der Waals surface area contributed by atoms with E-state index in [-0.39, 0.29) is 0 Å². The molecule has 0 N–H and O–H groups in total. The summed E-state index contributed by atoms with van der Waals surface area (Å²) in [6.07, 6.45) is 0. The summed E-state index contributed by atoms with van der Waals surface area (Å²) in [4.78, 5) is 2.21. The van der Waals surface area contributed by atoms with E-state index in [2.05, 4.69) is 11.0 Å². The number of nitrogens with zero attached hydrogens (tertiary/aromatic N) is 2. The van der Waals surface area contributed by atoms with Gasteiger partial charge in [-0.05, 0) is 38.1 Å². The van der Waals surface area contributed by atoms with Crippen molar-refractivity contribution >= 4 is 5.69 Å². The van der Waals surface area contributed by atoms with Gasteiger partial charge in [-0.2, -0.15) is 5.26 Å². The van der Waals surface area contributed by atoms with Crippen molar-refractivity contribution in [2.45, 2.75) is 13.8 Å². The lowest BCUT2D eigenvalue weighted by atomic mass is 10.2. The van der Waals surface area contributed by atoms with Crippen molar-refractivity contribution in [1.82, 2.24) is 0 Å². The van der Waals surface area contributed by atoms with Crippen molar-refractivity contribution in [3.05, 3.63) is 29.8 Å². The van der Waals surface area contributed by atoms with Crippen LogP contribution in [0.4, 0.5) is 5.69 Å². The van der Waals surface area contributed by atoms with E-state index < -0.39 is 0 Å². The summed E-state index contributed by atoms with van der Waals surface area (Å²) in [5.74, 6) is 0. The van der Waals surface area contributed by atoms with Gasteiger partial charge in [-0.15, -0.1) is 0 Å². The van der Waals surface area contributed by atoms with Crippen LogP contribution < -0.4 is 4.90 Å². The lowest BCUT2D eigenvalue weighted by Gasteiger charge is -2.24. The molecule has 1 rings (SSSR count). The van der Waals surface area contributed by atoms with E-state index >= 15 is 0 Å². The zero-order valence-corrected chi connectivity index (χ0v) is 11.8. The Morgan fingerprint density at radius 2 is 1.53 bits per heavy atom. The first-order valence-corrected chi connectivity index (χ1v) is 6.72. The monoisotopic (exact) mass is 262 g/mol. The van der Waals surface area contributed by atoms with Gasteiger partial charge in [0.2, 0.25) is 0 Å². The average molecular weight is 262 g/mol. The molecule has 0 atom stereocenters. The lowest BCUT2D eigenvalue weighted by molar-refractivity contribution is 0.141. The smallest absolute Gasteiger partial charge is 0.0991 e. The molecule has 1 aromatic carbocycles. The quantitative estimate of drug-likeness (QED) is 0.641. The minimum Gasteiger partial charge on any atom is -0.380 e. The van der Waals surface area contributed by atoms with Crippen molar-refractivity contribution in [2.75, 3.05) is 44.4 Å². The van der Waals surface area contributed by atoms with Crippen molar-refractivity contribution in [3.63, 3.8) is 0 Å². The molecule has 1 aromatic rings. The summed E-state index contributed by atoms with van der Waals surface area (Å²) in [7, 11) is 0. The topological polar surface area (TPSA) is 45.5 Å². The van der Waals surface area contributed by atoms with Gasteiger partial charge in [-0.25, -0.2) is 0 Å². The highest BCUT2D eigenvalue weighted by Gasteiger charge is 2.06. The molecule has 19 heavy (non-hydrogen) atoms. The van der Waals surface area contributed by atoms with Crippen LogP contribution in [0, 0.1) is 11.3 Å². The fraction of sp³-hybridized carbons (Fsp3) is 0.533. The number of benzene rings is 1. The average Bonchev–Trinajstić information content (AvgIpc) is 2.46. The van der Waals surface area contributed by atoms with E-state index in [9.17, 15) is 0 Å². The fourth-order valence-electron chi connectivity index (χ4n) is 1.75. The highest BCUT2D eigenvalue weighted by molar-refractivity contribution is 5.49. The second-order valence-electron chi connectivity index (χ2n) is 4.04. The molecule has 0 saturated carbocycles. The van der Waals surface area contributed by atoms with Crippen LogP contribution in [0.3, 0.4) is 0 Å². The molecular formula is C15H22N2O2. The SMILES string of the molecule is CCOCCN(CCOCC)c1ccc(C#N)cc1. The summed E-state index contributed by atoms with van der Waals surface area (Å²) in [5, 5.41) is 8.81. The highest BCUT2D eigenvalue weighted by Crippen LogP contribution is 2.14. The first-order valence-electron chi connectivity index (χ1n) is 6.72. The molecule has 0 fully saturated rings. The Morgan fingerprint density at radius 1 is 1.00 bits per heavy atom. The Balaban J connectivity index is 2.61. The first kappa shape index (κ1) is 15.5. The third-order valence-corrected chi connectivity index (χ3v) is 2.78. The molecule has 0 spiro atoms. The lowest BCUT2D eigenvalue weighted by Crippen LogP contribution is -2.31. The predicted molar refractivity (Wildman–Crippen MR) is 76.4 cm³/mol. The van der Waals surface area contributed by atoms with Crippen LogP contribution in [0.2, 0.25) is 0 Å². The Hall–Kier alpha value is -1.57. The van der Waals surface area contributed by atoms with Gasteiger partial charge in [0.15, 0.2) is 0 Å². The van der Waals surface area contributed by atoms with Crippen LogP contribution in [-0.2, 0) is 9.47 Å². The molecule has 0 saturated heterocycles. The second kappa shape index (κ2) is 9.37. The Labute approximate surface area is 115 Å². The summed E-state index contributed by atoms with van der Waals surface area (Å²) in [5.41, 5.74) is 1.77. The van der Waals surface area contributed by atoms with Crippen molar-refractivity contribution in [2.24, 2.45) is 0 Å². The molecule has 0 aliphatic heterocycles. The number of hydrogen-bond acceptors (Lipinski definition) is 4. The van der Waals surface area contributed by atoms with Crippen molar-refractivity contribution in [1.29, 1.82) is 5.26 Å². The van der Waals surface area contributed by atoms with Crippen LogP contribution in [0.5, 0.6) is 0 Å². The van der Waals surface area contributed by atoms with E-state index in [0.717, 1.165) is 32.0 Å². The van der Waals surface area contributed by atoms with Crippen molar-refractivity contribution in [3.8, 4) is 6.07 Å². The predicted octanol–water partition coefficient (Wildman–Crippen LogP) is 2.44. The van der Waals surface area contributed by atoms with Gasteiger partial charge in [0.25, 0.3) is 0 Å². The fourth-order valence-corrected chi connectivity index (χ4v) is 1.75. The van der Waals surface area contributed by atoms with Crippen LogP contribution in [-0.4, -0.2) is 39.5 Å². The third-order valence-electron chi connectivity index (χ3n) is 2.78. The molecule has 0 aliphatic carbocycles. The van der Waals surface area contributed by atoms with Gasteiger partial charge in [0.1, 0.15) is 0 Å². The molecular weight excluding hydrogens is 240 g/mol. The Kier molecular flexibility index (Phi) is 7.64.